The number of hydrogen-bond acceptors (Lipinski definition) is 26. The average Bonchev–Trinajstić information content (AvgIpc) is 3.17. The third-order valence-corrected chi connectivity index (χ3v) is 9.06. The van der Waals surface area contributed by atoms with Crippen molar-refractivity contribution in [3.63, 3.8) is 0 Å². The Bertz CT molecular complexity index is 1750. The molecule has 0 aromatic carbocycles. The molecule has 3 aliphatic rings. The van der Waals surface area contributed by atoms with E-state index in [-0.39, 0.29) is 0 Å². The van der Waals surface area contributed by atoms with Crippen LogP contribution >= 0.6 is 0 Å². The lowest BCUT2D eigenvalue weighted by Crippen LogP contribution is -2.69. The zero-order valence-corrected chi connectivity index (χ0v) is 37.4. The molecule has 0 bridgehead atoms. The molecular weight excluding hydrogens is 884 g/mol. The monoisotopic (exact) mass is 938 g/mol. The number of esters is 10. The zero-order valence-electron chi connectivity index (χ0n) is 37.4. The van der Waals surface area contributed by atoms with E-state index in [0.29, 0.717) is 0 Å². The third-order valence-electron chi connectivity index (χ3n) is 9.06. The molecule has 0 spiro atoms. The molecule has 26 heteroatoms. The Labute approximate surface area is 371 Å². The fraction of sp³-hybridized carbons (Fsp3) is 0.744. The van der Waals surface area contributed by atoms with Gasteiger partial charge in [-0.15, -0.1) is 0 Å². The van der Waals surface area contributed by atoms with Crippen molar-refractivity contribution in [3.8, 4) is 0 Å². The fourth-order valence-corrected chi connectivity index (χ4v) is 6.94. The van der Waals surface area contributed by atoms with Crippen LogP contribution in [0.15, 0.2) is 0 Å². The highest BCUT2D eigenvalue weighted by molar-refractivity contribution is 5.70. The predicted molar refractivity (Wildman–Crippen MR) is 202 cm³/mol. The molecule has 15 atom stereocenters. The number of rotatable bonds is 18. The van der Waals surface area contributed by atoms with Gasteiger partial charge in [0, 0.05) is 76.3 Å². The third kappa shape index (κ3) is 16.1. The van der Waals surface area contributed by atoms with Gasteiger partial charge in [0.15, 0.2) is 67.7 Å². The van der Waals surface area contributed by atoms with Crippen LogP contribution in [0, 0.1) is 0 Å². The molecule has 26 nitrogen and oxygen atoms in total. The van der Waals surface area contributed by atoms with Crippen molar-refractivity contribution >= 4 is 59.7 Å². The second kappa shape index (κ2) is 24.7. The van der Waals surface area contributed by atoms with Crippen LogP contribution in [0.2, 0.25) is 0 Å². The van der Waals surface area contributed by atoms with Crippen LogP contribution in [0.1, 0.15) is 69.2 Å². The molecular formula is C39H54O26. The second-order valence-electron chi connectivity index (χ2n) is 14.5. The minimum absolute atomic E-state index is 0.602. The molecule has 0 amide bonds. The summed E-state index contributed by atoms with van der Waals surface area (Å²) >= 11 is 0. The van der Waals surface area contributed by atoms with E-state index < -0.39 is 172 Å². The van der Waals surface area contributed by atoms with Crippen LogP contribution in [0.5, 0.6) is 0 Å². The Morgan fingerprint density at radius 3 is 0.877 bits per heavy atom. The van der Waals surface area contributed by atoms with E-state index in [1.165, 1.54) is 0 Å². The van der Waals surface area contributed by atoms with Gasteiger partial charge in [-0.3, -0.25) is 47.9 Å². The molecule has 3 saturated heterocycles. The predicted octanol–water partition coefficient (Wildman–Crippen LogP) is -1.21. The van der Waals surface area contributed by atoms with Crippen LogP contribution in [-0.2, 0) is 124 Å². The van der Waals surface area contributed by atoms with Gasteiger partial charge in [0.1, 0.15) is 44.2 Å². The van der Waals surface area contributed by atoms with E-state index in [9.17, 15) is 47.9 Å². The maximum atomic E-state index is 12.9. The summed E-state index contributed by atoms with van der Waals surface area (Å²) in [4.78, 5) is 125. The van der Waals surface area contributed by atoms with Crippen LogP contribution in [0.25, 0.3) is 0 Å². The summed E-state index contributed by atoms with van der Waals surface area (Å²) in [6.07, 6.45) is -26.5. The summed E-state index contributed by atoms with van der Waals surface area (Å²) in [6.45, 7) is 8.02. The van der Waals surface area contributed by atoms with Crippen molar-refractivity contribution in [2.45, 2.75) is 161 Å². The Morgan fingerprint density at radius 1 is 0.308 bits per heavy atom. The lowest BCUT2D eigenvalue weighted by Gasteiger charge is -2.50. The van der Waals surface area contributed by atoms with Gasteiger partial charge < -0.3 is 75.8 Å². The molecule has 0 aromatic heterocycles. The highest BCUT2D eigenvalue weighted by Crippen LogP contribution is 2.38. The normalized spacial score (nSPS) is 32.0. The van der Waals surface area contributed by atoms with Crippen LogP contribution in [0.4, 0.5) is 0 Å². The summed E-state index contributed by atoms with van der Waals surface area (Å²) < 4.78 is 91.2. The van der Waals surface area contributed by atoms with Crippen molar-refractivity contribution in [1.82, 2.24) is 0 Å². The first-order chi connectivity index (χ1) is 30.4. The number of ether oxygens (including phenoxy) is 16. The number of carbonyl (C=O) groups is 10. The van der Waals surface area contributed by atoms with Crippen molar-refractivity contribution in [1.29, 1.82) is 0 Å². The maximum Gasteiger partial charge on any atom is 0.303 e. The lowest BCUT2D eigenvalue weighted by molar-refractivity contribution is -0.388. The topological polar surface area (TPSA) is 318 Å². The Kier molecular flexibility index (Phi) is 20.4. The van der Waals surface area contributed by atoms with Crippen molar-refractivity contribution in [3.05, 3.63) is 0 Å². The molecule has 366 valence electrons. The quantitative estimate of drug-likeness (QED) is 0.115. The van der Waals surface area contributed by atoms with Crippen molar-refractivity contribution in [2.24, 2.45) is 0 Å². The van der Waals surface area contributed by atoms with Gasteiger partial charge >= 0.3 is 59.7 Å². The van der Waals surface area contributed by atoms with E-state index >= 15 is 0 Å². The van der Waals surface area contributed by atoms with E-state index in [1.54, 1.807) is 0 Å². The first-order valence-corrected chi connectivity index (χ1v) is 19.8. The molecule has 0 saturated carbocycles. The summed E-state index contributed by atoms with van der Waals surface area (Å²) in [5.41, 5.74) is 0. The Balaban J connectivity index is 2.39. The largest absolute Gasteiger partial charge is 0.463 e. The van der Waals surface area contributed by atoms with Crippen LogP contribution in [-0.4, -0.2) is 179 Å². The number of hydrogen-bond donors (Lipinski definition) is 0. The number of carbonyl (C=O) groups excluding carboxylic acids is 10. The summed E-state index contributed by atoms with van der Waals surface area (Å²) in [7, 11) is 1.15. The minimum atomic E-state index is -2.08. The van der Waals surface area contributed by atoms with E-state index in [4.69, 9.17) is 75.8 Å². The second-order valence-corrected chi connectivity index (χ2v) is 14.5. The van der Waals surface area contributed by atoms with Crippen molar-refractivity contribution < 1.29 is 124 Å². The molecule has 0 aromatic rings. The lowest BCUT2D eigenvalue weighted by atomic mass is 9.95. The highest BCUT2D eigenvalue weighted by atomic mass is 16.8. The smallest absolute Gasteiger partial charge is 0.303 e. The SMILES string of the molecule is CO[C@@H]1O[C@H](COC(C)=O)[C@H](OC(C)=O)[C@H](O[C@@H]2O[C@H](COC(C)=O)[C@H](OC(C)=O)[C@H](OC(C)=O)[C@H]2O[C@@H]2O[C@@H](COC(C)=O)[C@@H](OC(C)=O)[C@@H](OC(C)=O)[C@@H]2OC(C)=O)[C@H]1OC(C)=O. The molecule has 0 N–H and O–H groups in total. The van der Waals surface area contributed by atoms with Gasteiger partial charge in [-0.05, 0) is 0 Å². The van der Waals surface area contributed by atoms with Gasteiger partial charge in [0.2, 0.25) is 0 Å². The standard InChI is InChI=1S/C39H54O26/c1-15(40)51-12-25-30(56-20(6)45)33(34(59-23(9)48)37(50-11)61-25)64-39-36(32(58-22(8)47)29(55-19(5)44)27(63-39)14-53-17(3)42)65-38-35(60-24(10)49)31(57-21(7)46)28(54-18(4)43)26(62-38)13-52-16(2)41/h25-39H,12-14H2,1-11H3/t25-,26+,27-,28-,29+,30+,31-,32+,33+,34-,35+,36-,37-,38+,39+/m1/s1. The molecule has 3 aliphatic heterocycles. The van der Waals surface area contributed by atoms with Gasteiger partial charge in [0.25, 0.3) is 0 Å². The maximum absolute atomic E-state index is 12.9. The molecule has 0 aliphatic carbocycles. The zero-order chi connectivity index (χ0) is 48.9. The Hall–Kier alpha value is -5.54. The molecule has 3 rings (SSSR count). The van der Waals surface area contributed by atoms with Gasteiger partial charge in [-0.25, -0.2) is 0 Å². The summed E-state index contributed by atoms with van der Waals surface area (Å²) in [5.74, 6) is -9.37. The van der Waals surface area contributed by atoms with Gasteiger partial charge in [-0.1, -0.05) is 0 Å². The summed E-state index contributed by atoms with van der Waals surface area (Å²) in [5, 5.41) is 0. The summed E-state index contributed by atoms with van der Waals surface area (Å²) in [6, 6.07) is 0. The fourth-order valence-electron chi connectivity index (χ4n) is 6.94. The highest BCUT2D eigenvalue weighted by Gasteiger charge is 2.60. The van der Waals surface area contributed by atoms with Gasteiger partial charge in [0.05, 0.1) is 0 Å². The Morgan fingerprint density at radius 2 is 0.554 bits per heavy atom. The molecule has 0 unspecified atom stereocenters. The first kappa shape index (κ1) is 53.8. The van der Waals surface area contributed by atoms with Crippen LogP contribution in [0.3, 0.4) is 0 Å². The number of methoxy groups -OCH3 is 1. The van der Waals surface area contributed by atoms with E-state index in [1.807, 2.05) is 0 Å². The average molecular weight is 939 g/mol. The molecule has 3 fully saturated rings. The van der Waals surface area contributed by atoms with Crippen LogP contribution < -0.4 is 0 Å². The molecule has 3 heterocycles. The van der Waals surface area contributed by atoms with E-state index in [2.05, 4.69) is 0 Å². The minimum Gasteiger partial charge on any atom is -0.463 e. The van der Waals surface area contributed by atoms with Gasteiger partial charge in [-0.2, -0.15) is 0 Å². The molecule has 0 radical (unpaired) electrons. The van der Waals surface area contributed by atoms with Crippen molar-refractivity contribution in [2.75, 3.05) is 26.9 Å². The van der Waals surface area contributed by atoms with E-state index in [0.717, 1.165) is 76.3 Å². The first-order valence-electron chi connectivity index (χ1n) is 19.8. The molecule has 65 heavy (non-hydrogen) atoms.